The molecule has 0 radical (unpaired) electrons. The van der Waals surface area contributed by atoms with E-state index >= 15 is 0 Å². The lowest BCUT2D eigenvalue weighted by molar-refractivity contribution is -0.131. The molecular weight excluding hydrogens is 592 g/mol. The maximum absolute atomic E-state index is 14.5. The van der Waals surface area contributed by atoms with Crippen molar-refractivity contribution in [2.45, 2.75) is 39.5 Å². The lowest BCUT2D eigenvalue weighted by atomic mass is 9.51. The van der Waals surface area contributed by atoms with Gasteiger partial charge < -0.3 is 9.84 Å². The number of carbonyl (C=O) groups is 4. The first kappa shape index (κ1) is 29.3. The van der Waals surface area contributed by atoms with E-state index in [0.29, 0.717) is 35.0 Å². The molecule has 9 heteroatoms. The van der Waals surface area contributed by atoms with Gasteiger partial charge in [0.2, 0.25) is 23.6 Å². The number of halogens is 1. The Labute approximate surface area is 266 Å². The standard InChI is InChI=1S/C36H33ClN2O6/c1-4-45-29-16-20(11-15-28(29)40)31-23-13-14-24-30(34(43)38(32(24)41)22-12-10-19(2)27(37)17-22)25(23)18-26-33(42)39(35(44)36(26,31)3)21-8-6-5-7-9-21/h5-13,15-17,24-26,30-31,40H,4,14,18H2,1-3H3/t24-,25+,26-,30-,31-,36+/m0/s1. The van der Waals surface area contributed by atoms with Crippen LogP contribution in [0, 0.1) is 36.0 Å². The fraction of sp³-hybridized carbons (Fsp3) is 0.333. The minimum atomic E-state index is -1.18. The maximum Gasteiger partial charge on any atom is 0.241 e. The number of fused-ring (bicyclic) bond motifs is 4. The summed E-state index contributed by atoms with van der Waals surface area (Å²) in [7, 11) is 0. The van der Waals surface area contributed by atoms with E-state index < -0.39 is 35.0 Å². The molecule has 7 rings (SSSR count). The van der Waals surface area contributed by atoms with Crippen molar-refractivity contribution in [3.8, 4) is 11.5 Å². The number of carbonyl (C=O) groups excluding carboxylic acids is 4. The van der Waals surface area contributed by atoms with Crippen LogP contribution in [0.4, 0.5) is 11.4 Å². The van der Waals surface area contributed by atoms with Gasteiger partial charge in [-0.25, -0.2) is 9.80 Å². The minimum Gasteiger partial charge on any atom is -0.504 e. The van der Waals surface area contributed by atoms with Crippen LogP contribution in [0.25, 0.3) is 0 Å². The van der Waals surface area contributed by atoms with Crippen molar-refractivity contribution < 1.29 is 29.0 Å². The predicted octanol–water partition coefficient (Wildman–Crippen LogP) is 6.19. The topological polar surface area (TPSA) is 104 Å². The lowest BCUT2D eigenvalue weighted by Gasteiger charge is -2.49. The number of hydrogen-bond donors (Lipinski definition) is 1. The van der Waals surface area contributed by atoms with Crippen LogP contribution < -0.4 is 14.5 Å². The van der Waals surface area contributed by atoms with E-state index in [1.807, 2.05) is 32.9 Å². The zero-order chi connectivity index (χ0) is 31.8. The van der Waals surface area contributed by atoms with Crippen LogP contribution in [-0.4, -0.2) is 35.3 Å². The van der Waals surface area contributed by atoms with Gasteiger partial charge in [0.15, 0.2) is 11.5 Å². The highest BCUT2D eigenvalue weighted by Crippen LogP contribution is 2.64. The van der Waals surface area contributed by atoms with Crippen LogP contribution in [-0.2, 0) is 19.2 Å². The Morgan fingerprint density at radius 1 is 0.911 bits per heavy atom. The maximum atomic E-state index is 14.5. The Hall–Kier alpha value is -4.43. The molecule has 2 aliphatic heterocycles. The highest BCUT2D eigenvalue weighted by molar-refractivity contribution is 6.32. The molecule has 3 fully saturated rings. The molecule has 8 nitrogen and oxygen atoms in total. The minimum absolute atomic E-state index is 0.0314. The summed E-state index contributed by atoms with van der Waals surface area (Å²) < 4.78 is 5.72. The summed E-state index contributed by atoms with van der Waals surface area (Å²) >= 11 is 6.39. The van der Waals surface area contributed by atoms with Crippen LogP contribution in [0.1, 0.15) is 43.7 Å². The van der Waals surface area contributed by atoms with Gasteiger partial charge in [0.05, 0.1) is 41.2 Å². The van der Waals surface area contributed by atoms with Gasteiger partial charge >= 0.3 is 0 Å². The van der Waals surface area contributed by atoms with Crippen molar-refractivity contribution in [2.24, 2.45) is 29.1 Å². The van der Waals surface area contributed by atoms with E-state index in [1.165, 1.54) is 15.9 Å². The third kappa shape index (κ3) is 4.18. The number of amides is 4. The smallest absolute Gasteiger partial charge is 0.241 e. The first-order valence-electron chi connectivity index (χ1n) is 15.3. The summed E-state index contributed by atoms with van der Waals surface area (Å²) in [4.78, 5) is 59.4. The van der Waals surface area contributed by atoms with E-state index in [2.05, 4.69) is 0 Å². The number of benzene rings is 3. The number of phenols is 1. The molecule has 1 N–H and O–H groups in total. The molecule has 3 aromatic rings. The third-order valence-electron chi connectivity index (χ3n) is 10.3. The number of hydrogen-bond acceptors (Lipinski definition) is 6. The van der Waals surface area contributed by atoms with Crippen LogP contribution in [0.15, 0.2) is 78.4 Å². The molecule has 2 aliphatic carbocycles. The number of anilines is 2. The fourth-order valence-corrected chi connectivity index (χ4v) is 8.35. The lowest BCUT2D eigenvalue weighted by Crippen LogP contribution is -2.48. The second kappa shape index (κ2) is 10.6. The zero-order valence-electron chi connectivity index (χ0n) is 25.2. The Bertz CT molecular complexity index is 1800. The van der Waals surface area contributed by atoms with E-state index in [1.54, 1.807) is 54.6 Å². The number of aryl methyl sites for hydroxylation is 1. The molecule has 45 heavy (non-hydrogen) atoms. The van der Waals surface area contributed by atoms with Crippen molar-refractivity contribution >= 4 is 46.6 Å². The summed E-state index contributed by atoms with van der Waals surface area (Å²) in [6, 6.07) is 19.1. The summed E-state index contributed by atoms with van der Waals surface area (Å²) in [5, 5.41) is 11.0. The van der Waals surface area contributed by atoms with Crippen LogP contribution >= 0.6 is 11.6 Å². The van der Waals surface area contributed by atoms with E-state index in [-0.39, 0.29) is 41.5 Å². The largest absolute Gasteiger partial charge is 0.504 e. The van der Waals surface area contributed by atoms with Gasteiger partial charge in [0.25, 0.3) is 0 Å². The summed E-state index contributed by atoms with van der Waals surface area (Å²) in [6.07, 6.45) is 2.59. The number of nitrogens with zero attached hydrogens (tertiary/aromatic N) is 2. The molecule has 3 aromatic carbocycles. The van der Waals surface area contributed by atoms with Crippen LogP contribution in [0.5, 0.6) is 11.5 Å². The number of phenolic OH excluding ortho intramolecular Hbond substituents is 1. The summed E-state index contributed by atoms with van der Waals surface area (Å²) in [6.45, 7) is 5.83. The van der Waals surface area contributed by atoms with Gasteiger partial charge in [0, 0.05) is 10.9 Å². The average molecular weight is 625 g/mol. The zero-order valence-corrected chi connectivity index (χ0v) is 26.0. The second-order valence-electron chi connectivity index (χ2n) is 12.6. The molecule has 230 valence electrons. The number of para-hydroxylation sites is 1. The number of ether oxygens (including phenoxy) is 1. The van der Waals surface area contributed by atoms with Crippen LogP contribution in [0.2, 0.25) is 5.02 Å². The third-order valence-corrected chi connectivity index (χ3v) is 10.7. The molecule has 6 atom stereocenters. The SMILES string of the molecule is CCOc1cc([C@H]2C3=CC[C@@H]4C(=O)N(c5ccc(C)c(Cl)c5)C(=O)[C@@H]4[C@@H]3C[C@H]3C(=O)N(c4ccccc4)C(=O)[C@@]23C)ccc1O. The Morgan fingerprint density at radius 3 is 2.38 bits per heavy atom. The van der Waals surface area contributed by atoms with Gasteiger partial charge in [-0.05, 0) is 87.1 Å². The van der Waals surface area contributed by atoms with Gasteiger partial charge in [-0.1, -0.05) is 53.6 Å². The van der Waals surface area contributed by atoms with Gasteiger partial charge in [0.1, 0.15) is 0 Å². The van der Waals surface area contributed by atoms with E-state index in [0.717, 1.165) is 11.1 Å². The average Bonchev–Trinajstić information content (AvgIpc) is 3.40. The molecule has 0 aromatic heterocycles. The fourth-order valence-electron chi connectivity index (χ4n) is 8.18. The quantitative estimate of drug-likeness (QED) is 0.268. The Morgan fingerprint density at radius 2 is 1.67 bits per heavy atom. The number of allylic oxidation sites excluding steroid dienone is 2. The van der Waals surface area contributed by atoms with Gasteiger partial charge in [-0.2, -0.15) is 0 Å². The first-order chi connectivity index (χ1) is 21.6. The highest BCUT2D eigenvalue weighted by Gasteiger charge is 2.67. The van der Waals surface area contributed by atoms with Crippen LogP contribution in [0.3, 0.4) is 0 Å². The van der Waals surface area contributed by atoms with Gasteiger partial charge in [-0.15, -0.1) is 0 Å². The molecule has 4 aliphatic rings. The van der Waals surface area contributed by atoms with Crippen molar-refractivity contribution in [2.75, 3.05) is 16.4 Å². The Kier molecular flexibility index (Phi) is 6.89. The second-order valence-corrected chi connectivity index (χ2v) is 13.0. The monoisotopic (exact) mass is 624 g/mol. The molecule has 1 saturated carbocycles. The molecule has 2 heterocycles. The molecule has 0 unspecified atom stereocenters. The predicted molar refractivity (Wildman–Crippen MR) is 169 cm³/mol. The molecule has 4 amide bonds. The van der Waals surface area contributed by atoms with Gasteiger partial charge in [-0.3, -0.25) is 19.2 Å². The molecule has 2 saturated heterocycles. The molecule has 0 bridgehead atoms. The van der Waals surface area contributed by atoms with Crippen molar-refractivity contribution in [3.63, 3.8) is 0 Å². The molecular formula is C36H33ClN2O6. The normalized spacial score (nSPS) is 29.0. The van der Waals surface area contributed by atoms with E-state index in [4.69, 9.17) is 16.3 Å². The van der Waals surface area contributed by atoms with E-state index in [9.17, 15) is 24.3 Å². The number of aromatic hydroxyl groups is 1. The summed E-state index contributed by atoms with van der Waals surface area (Å²) in [5.74, 6) is -4.07. The first-order valence-corrected chi connectivity index (χ1v) is 15.7. The summed E-state index contributed by atoms with van der Waals surface area (Å²) in [5.41, 5.74) is 2.14. The van der Waals surface area contributed by atoms with Crippen molar-refractivity contribution in [3.05, 3.63) is 94.5 Å². The van der Waals surface area contributed by atoms with Crippen molar-refractivity contribution in [1.82, 2.24) is 0 Å². The Balaban J connectivity index is 1.37. The number of rotatable bonds is 5. The molecule has 0 spiro atoms. The van der Waals surface area contributed by atoms with Crippen molar-refractivity contribution in [1.29, 1.82) is 0 Å². The highest BCUT2D eigenvalue weighted by atomic mass is 35.5. The number of imide groups is 2.